The predicted octanol–water partition coefficient (Wildman–Crippen LogP) is 2.99. The van der Waals surface area contributed by atoms with Crippen LogP contribution in [0.25, 0.3) is 0 Å². The highest BCUT2D eigenvalue weighted by Crippen LogP contribution is 2.33. The highest BCUT2D eigenvalue weighted by Gasteiger charge is 2.35. The summed E-state index contributed by atoms with van der Waals surface area (Å²) in [6.07, 6.45) is 0. The Bertz CT molecular complexity index is 1280. The van der Waals surface area contributed by atoms with Gasteiger partial charge in [-0.05, 0) is 48.0 Å². The molecular formula is C23H17FN2O4S. The van der Waals surface area contributed by atoms with Gasteiger partial charge in [0.15, 0.2) is 0 Å². The molecule has 1 amide bonds. The van der Waals surface area contributed by atoms with Gasteiger partial charge in [0.05, 0.1) is 5.69 Å². The quantitative estimate of drug-likeness (QED) is 0.638. The largest absolute Gasteiger partial charge is 0.487 e. The molecule has 0 spiro atoms. The van der Waals surface area contributed by atoms with Crippen LogP contribution in [0.5, 0.6) is 5.75 Å². The molecule has 31 heavy (non-hydrogen) atoms. The van der Waals surface area contributed by atoms with Crippen molar-refractivity contribution in [2.75, 3.05) is 10.8 Å². The van der Waals surface area contributed by atoms with Gasteiger partial charge in [0.2, 0.25) is 0 Å². The summed E-state index contributed by atoms with van der Waals surface area (Å²) in [7, 11) is -4.02. The SMILES string of the molecule is O=C1CN(c2cc(C#Cc3ccc(F)cc3)ccc2OCc2ccccc2)S(=O)(=O)N1. The van der Waals surface area contributed by atoms with Gasteiger partial charge < -0.3 is 4.74 Å². The van der Waals surface area contributed by atoms with Gasteiger partial charge in [-0.2, -0.15) is 8.42 Å². The summed E-state index contributed by atoms with van der Waals surface area (Å²) >= 11 is 0. The molecule has 1 heterocycles. The van der Waals surface area contributed by atoms with E-state index in [2.05, 4.69) is 11.8 Å². The molecule has 156 valence electrons. The zero-order chi connectivity index (χ0) is 21.8. The Kier molecular flexibility index (Phi) is 5.60. The van der Waals surface area contributed by atoms with Crippen molar-refractivity contribution in [2.45, 2.75) is 6.61 Å². The third kappa shape index (κ3) is 4.85. The van der Waals surface area contributed by atoms with E-state index >= 15 is 0 Å². The summed E-state index contributed by atoms with van der Waals surface area (Å²) in [5.41, 5.74) is 2.24. The number of hydrogen-bond acceptors (Lipinski definition) is 4. The van der Waals surface area contributed by atoms with Gasteiger partial charge in [-0.15, -0.1) is 0 Å². The van der Waals surface area contributed by atoms with Gasteiger partial charge >= 0.3 is 10.2 Å². The van der Waals surface area contributed by atoms with Crippen LogP contribution < -0.4 is 13.8 Å². The van der Waals surface area contributed by atoms with Crippen molar-refractivity contribution in [1.82, 2.24) is 4.72 Å². The predicted molar refractivity (Wildman–Crippen MR) is 114 cm³/mol. The summed E-state index contributed by atoms with van der Waals surface area (Å²) < 4.78 is 46.6. The van der Waals surface area contributed by atoms with E-state index in [1.54, 1.807) is 30.3 Å². The highest BCUT2D eigenvalue weighted by atomic mass is 32.2. The maximum Gasteiger partial charge on any atom is 0.326 e. The summed E-state index contributed by atoms with van der Waals surface area (Å²) in [6, 6.07) is 20.0. The second-order valence-electron chi connectivity index (χ2n) is 6.75. The number of ether oxygens (including phenoxy) is 1. The van der Waals surface area contributed by atoms with Gasteiger partial charge in [0.1, 0.15) is 24.7 Å². The fraction of sp³-hybridized carbons (Fsp3) is 0.0870. The van der Waals surface area contributed by atoms with E-state index in [9.17, 15) is 17.6 Å². The topological polar surface area (TPSA) is 75.7 Å². The van der Waals surface area contributed by atoms with Gasteiger partial charge in [0.25, 0.3) is 5.91 Å². The van der Waals surface area contributed by atoms with Crippen molar-refractivity contribution in [3.05, 3.63) is 95.3 Å². The number of amides is 1. The molecule has 0 radical (unpaired) electrons. The van der Waals surface area contributed by atoms with Crippen LogP contribution in [0.1, 0.15) is 16.7 Å². The first kappa shape index (κ1) is 20.4. The third-order valence-corrected chi connectivity index (χ3v) is 5.87. The van der Waals surface area contributed by atoms with Crippen molar-refractivity contribution >= 4 is 21.8 Å². The molecule has 3 aromatic rings. The van der Waals surface area contributed by atoms with Crippen LogP contribution in [0.15, 0.2) is 72.8 Å². The lowest BCUT2D eigenvalue weighted by Crippen LogP contribution is -2.29. The monoisotopic (exact) mass is 436 g/mol. The van der Waals surface area contributed by atoms with E-state index < -0.39 is 16.1 Å². The summed E-state index contributed by atoms with van der Waals surface area (Å²) in [6.45, 7) is -0.122. The first-order chi connectivity index (χ1) is 14.9. The van der Waals surface area contributed by atoms with Crippen LogP contribution in [0.3, 0.4) is 0 Å². The van der Waals surface area contributed by atoms with Crippen LogP contribution in [0, 0.1) is 17.7 Å². The Morgan fingerprint density at radius 2 is 1.65 bits per heavy atom. The van der Waals surface area contributed by atoms with E-state index in [4.69, 9.17) is 4.74 Å². The number of hydrogen-bond donors (Lipinski definition) is 1. The van der Waals surface area contributed by atoms with Crippen molar-refractivity contribution in [1.29, 1.82) is 0 Å². The van der Waals surface area contributed by atoms with Crippen LogP contribution in [-0.2, 0) is 21.6 Å². The standard InChI is InChI=1S/C23H17FN2O4S/c24-20-11-8-17(9-12-20)6-7-18-10-13-22(30-16-19-4-2-1-3-5-19)21(14-18)26-15-23(27)25-31(26,28)29/h1-5,8-14H,15-16H2,(H,25,27). The van der Waals surface area contributed by atoms with Gasteiger partial charge in [0, 0.05) is 11.1 Å². The lowest BCUT2D eigenvalue weighted by atomic mass is 10.1. The van der Waals surface area contributed by atoms with Crippen molar-refractivity contribution < 1.29 is 22.3 Å². The molecule has 6 nitrogen and oxygen atoms in total. The first-order valence-electron chi connectivity index (χ1n) is 9.32. The normalized spacial score (nSPS) is 14.5. The number of anilines is 1. The Morgan fingerprint density at radius 3 is 2.32 bits per heavy atom. The van der Waals surface area contributed by atoms with Gasteiger partial charge in [-0.25, -0.2) is 13.4 Å². The van der Waals surface area contributed by atoms with Crippen LogP contribution >= 0.6 is 0 Å². The zero-order valence-electron chi connectivity index (χ0n) is 16.2. The highest BCUT2D eigenvalue weighted by molar-refractivity contribution is 7.92. The van der Waals surface area contributed by atoms with Crippen molar-refractivity contribution in [3.63, 3.8) is 0 Å². The molecule has 1 saturated heterocycles. The van der Waals surface area contributed by atoms with Gasteiger partial charge in [-0.3, -0.25) is 4.79 Å². The lowest BCUT2D eigenvalue weighted by Gasteiger charge is -2.19. The smallest absolute Gasteiger partial charge is 0.326 e. The Morgan fingerprint density at radius 1 is 0.968 bits per heavy atom. The summed E-state index contributed by atoms with van der Waals surface area (Å²) in [4.78, 5) is 11.7. The van der Waals surface area contributed by atoms with Crippen molar-refractivity contribution in [2.24, 2.45) is 0 Å². The molecule has 0 bridgehead atoms. The summed E-state index contributed by atoms with van der Waals surface area (Å²) in [5, 5.41) is 0. The molecule has 1 aliphatic heterocycles. The van der Waals surface area contributed by atoms with E-state index in [-0.39, 0.29) is 24.7 Å². The van der Waals surface area contributed by atoms with Crippen LogP contribution in [0.4, 0.5) is 10.1 Å². The molecule has 0 aromatic heterocycles. The second kappa shape index (κ2) is 8.50. The maximum atomic E-state index is 13.1. The number of nitrogens with zero attached hydrogens (tertiary/aromatic N) is 1. The number of carbonyl (C=O) groups is 1. The van der Waals surface area contributed by atoms with E-state index in [0.717, 1.165) is 9.87 Å². The summed E-state index contributed by atoms with van der Waals surface area (Å²) in [5.74, 6) is 5.15. The Hall–Kier alpha value is -3.83. The average molecular weight is 436 g/mol. The molecule has 0 unspecified atom stereocenters. The molecule has 0 saturated carbocycles. The first-order valence-corrected chi connectivity index (χ1v) is 10.8. The fourth-order valence-electron chi connectivity index (χ4n) is 2.99. The zero-order valence-corrected chi connectivity index (χ0v) is 17.0. The number of nitrogens with one attached hydrogen (secondary N) is 1. The maximum absolute atomic E-state index is 13.1. The molecule has 8 heteroatoms. The second-order valence-corrected chi connectivity index (χ2v) is 8.35. The minimum Gasteiger partial charge on any atom is -0.487 e. The average Bonchev–Trinajstić information content (AvgIpc) is 3.04. The van der Waals surface area contributed by atoms with E-state index in [1.807, 2.05) is 35.1 Å². The fourth-order valence-corrected chi connectivity index (χ4v) is 4.14. The van der Waals surface area contributed by atoms with Gasteiger partial charge in [-0.1, -0.05) is 42.2 Å². The van der Waals surface area contributed by atoms with Crippen molar-refractivity contribution in [3.8, 4) is 17.6 Å². The van der Waals surface area contributed by atoms with E-state index in [1.165, 1.54) is 12.1 Å². The van der Waals surface area contributed by atoms with Crippen LogP contribution in [0.2, 0.25) is 0 Å². The third-order valence-electron chi connectivity index (χ3n) is 4.48. The molecule has 1 aliphatic rings. The molecular weight excluding hydrogens is 419 g/mol. The van der Waals surface area contributed by atoms with E-state index in [0.29, 0.717) is 16.9 Å². The molecule has 3 aromatic carbocycles. The molecule has 1 fully saturated rings. The molecule has 4 rings (SSSR count). The lowest BCUT2D eigenvalue weighted by molar-refractivity contribution is -0.117. The molecule has 1 N–H and O–H groups in total. The minimum absolute atomic E-state index is 0.209. The Labute approximate surface area is 179 Å². The number of carbonyl (C=O) groups excluding carboxylic acids is 1. The van der Waals surface area contributed by atoms with Crippen LogP contribution in [-0.4, -0.2) is 20.9 Å². The molecule has 0 atom stereocenters. The number of rotatable bonds is 4. The minimum atomic E-state index is -4.02. The Balaban J connectivity index is 1.68. The number of halogens is 1. The molecule has 0 aliphatic carbocycles. The number of benzene rings is 3.